The molecule has 156 valence electrons. The Labute approximate surface area is 180 Å². The monoisotopic (exact) mass is 412 g/mol. The number of aromatic nitrogens is 4. The van der Waals surface area contributed by atoms with E-state index >= 15 is 0 Å². The molecule has 1 aliphatic rings. The number of carbonyl (C=O) groups is 1. The molecule has 1 saturated heterocycles. The third kappa shape index (κ3) is 4.12. The summed E-state index contributed by atoms with van der Waals surface area (Å²) in [7, 11) is 0. The van der Waals surface area contributed by atoms with Gasteiger partial charge in [0.15, 0.2) is 11.5 Å². The number of likely N-dealkylation sites (tertiary alicyclic amines) is 1. The van der Waals surface area contributed by atoms with Crippen molar-refractivity contribution >= 4 is 17.4 Å². The van der Waals surface area contributed by atoms with Crippen LogP contribution in [0.15, 0.2) is 72.8 Å². The Morgan fingerprint density at radius 2 is 1.61 bits per heavy atom. The fraction of sp³-hybridized carbons (Fsp3) is 0.250. The standard InChI is InChI=1S/C24H24N6O/c31-24(20-9-5-2-6-10-20)29-15-13-18(14-16-29)17-25-21-11-12-22-26-27-23(30(22)28-21)19-7-3-1-4-8-19/h1-12,18H,13-17H2,(H,25,28). The summed E-state index contributed by atoms with van der Waals surface area (Å²) in [6.45, 7) is 2.40. The molecule has 0 bridgehead atoms. The van der Waals surface area contributed by atoms with E-state index in [1.807, 2.05) is 77.7 Å². The van der Waals surface area contributed by atoms with Gasteiger partial charge < -0.3 is 10.2 Å². The zero-order valence-electron chi connectivity index (χ0n) is 17.2. The van der Waals surface area contributed by atoms with Gasteiger partial charge in [-0.25, -0.2) is 0 Å². The minimum Gasteiger partial charge on any atom is -0.368 e. The van der Waals surface area contributed by atoms with Crippen LogP contribution in [-0.2, 0) is 0 Å². The van der Waals surface area contributed by atoms with Gasteiger partial charge in [0, 0.05) is 30.8 Å². The van der Waals surface area contributed by atoms with E-state index in [9.17, 15) is 4.79 Å². The van der Waals surface area contributed by atoms with E-state index in [1.165, 1.54) is 0 Å². The highest BCUT2D eigenvalue weighted by Gasteiger charge is 2.23. The number of amides is 1. The normalized spacial score (nSPS) is 14.6. The van der Waals surface area contributed by atoms with Gasteiger partial charge in [-0.3, -0.25) is 4.79 Å². The van der Waals surface area contributed by atoms with Crippen LogP contribution >= 0.6 is 0 Å². The highest BCUT2D eigenvalue weighted by molar-refractivity contribution is 5.94. The van der Waals surface area contributed by atoms with Gasteiger partial charge in [-0.15, -0.1) is 15.3 Å². The van der Waals surface area contributed by atoms with Gasteiger partial charge in [0.1, 0.15) is 5.82 Å². The van der Waals surface area contributed by atoms with Crippen LogP contribution in [0.3, 0.4) is 0 Å². The first-order chi connectivity index (χ1) is 15.3. The number of carbonyl (C=O) groups excluding carboxylic acids is 1. The fourth-order valence-corrected chi connectivity index (χ4v) is 4.00. The van der Waals surface area contributed by atoms with E-state index in [2.05, 4.69) is 15.5 Å². The topological polar surface area (TPSA) is 75.4 Å². The third-order valence-corrected chi connectivity index (χ3v) is 5.79. The number of benzene rings is 2. The summed E-state index contributed by atoms with van der Waals surface area (Å²) in [6, 6.07) is 23.3. The first-order valence-electron chi connectivity index (χ1n) is 10.6. The van der Waals surface area contributed by atoms with Gasteiger partial charge in [0.05, 0.1) is 0 Å². The van der Waals surface area contributed by atoms with Crippen LogP contribution in [0.1, 0.15) is 23.2 Å². The molecule has 0 atom stereocenters. The SMILES string of the molecule is O=C(c1ccccc1)N1CCC(CNc2ccc3nnc(-c4ccccc4)n3n2)CC1. The summed E-state index contributed by atoms with van der Waals surface area (Å²) < 4.78 is 1.78. The summed E-state index contributed by atoms with van der Waals surface area (Å²) in [4.78, 5) is 14.6. The fourth-order valence-electron chi connectivity index (χ4n) is 4.00. The van der Waals surface area contributed by atoms with Crippen LogP contribution in [0.25, 0.3) is 17.0 Å². The first kappa shape index (κ1) is 19.2. The van der Waals surface area contributed by atoms with Crippen molar-refractivity contribution in [3.63, 3.8) is 0 Å². The molecule has 5 rings (SSSR count). The maximum atomic E-state index is 12.6. The molecule has 0 radical (unpaired) electrons. The summed E-state index contributed by atoms with van der Waals surface area (Å²) in [5.74, 6) is 2.16. The molecule has 4 aromatic rings. The van der Waals surface area contributed by atoms with Crippen molar-refractivity contribution in [2.45, 2.75) is 12.8 Å². The van der Waals surface area contributed by atoms with Gasteiger partial charge in [0.25, 0.3) is 5.91 Å². The molecule has 0 unspecified atom stereocenters. The number of rotatable bonds is 5. The number of fused-ring (bicyclic) bond motifs is 1. The molecule has 1 fully saturated rings. The van der Waals surface area contributed by atoms with Crippen molar-refractivity contribution in [3.8, 4) is 11.4 Å². The van der Waals surface area contributed by atoms with Crippen molar-refractivity contribution in [2.24, 2.45) is 5.92 Å². The number of hydrogen-bond donors (Lipinski definition) is 1. The molecule has 7 heteroatoms. The molecular weight excluding hydrogens is 388 g/mol. The molecule has 1 amide bonds. The molecule has 1 aliphatic heterocycles. The van der Waals surface area contributed by atoms with Crippen LogP contribution in [0.2, 0.25) is 0 Å². The second-order valence-electron chi connectivity index (χ2n) is 7.86. The Balaban J connectivity index is 1.21. The van der Waals surface area contributed by atoms with E-state index in [1.54, 1.807) is 4.52 Å². The summed E-state index contributed by atoms with van der Waals surface area (Å²) in [6.07, 6.45) is 1.96. The lowest BCUT2D eigenvalue weighted by atomic mass is 9.96. The predicted molar refractivity (Wildman–Crippen MR) is 120 cm³/mol. The molecule has 3 heterocycles. The summed E-state index contributed by atoms with van der Waals surface area (Å²) in [5, 5.41) is 16.7. The Morgan fingerprint density at radius 3 is 2.35 bits per heavy atom. The van der Waals surface area contributed by atoms with Crippen molar-refractivity contribution in [1.82, 2.24) is 24.7 Å². The van der Waals surface area contributed by atoms with Crippen LogP contribution < -0.4 is 5.32 Å². The quantitative estimate of drug-likeness (QED) is 0.540. The molecule has 7 nitrogen and oxygen atoms in total. The van der Waals surface area contributed by atoms with E-state index in [0.29, 0.717) is 5.92 Å². The van der Waals surface area contributed by atoms with Gasteiger partial charge in [-0.05, 0) is 43.0 Å². The van der Waals surface area contributed by atoms with Crippen LogP contribution in [0, 0.1) is 5.92 Å². The first-order valence-corrected chi connectivity index (χ1v) is 10.6. The zero-order valence-corrected chi connectivity index (χ0v) is 17.2. The summed E-state index contributed by atoms with van der Waals surface area (Å²) in [5.41, 5.74) is 2.46. The maximum Gasteiger partial charge on any atom is 0.253 e. The van der Waals surface area contributed by atoms with Crippen molar-refractivity contribution < 1.29 is 4.79 Å². The highest BCUT2D eigenvalue weighted by Crippen LogP contribution is 2.21. The van der Waals surface area contributed by atoms with Gasteiger partial charge in [-0.1, -0.05) is 48.5 Å². The van der Waals surface area contributed by atoms with Crippen molar-refractivity contribution in [1.29, 1.82) is 0 Å². The Hall–Kier alpha value is -3.74. The summed E-state index contributed by atoms with van der Waals surface area (Å²) >= 11 is 0. The zero-order chi connectivity index (χ0) is 21.0. The number of piperidine rings is 1. The smallest absolute Gasteiger partial charge is 0.253 e. The number of nitrogens with zero attached hydrogens (tertiary/aromatic N) is 5. The van der Waals surface area contributed by atoms with Gasteiger partial charge in [-0.2, -0.15) is 4.52 Å². The minimum absolute atomic E-state index is 0.125. The van der Waals surface area contributed by atoms with Crippen LogP contribution in [0.4, 0.5) is 5.82 Å². The molecule has 31 heavy (non-hydrogen) atoms. The van der Waals surface area contributed by atoms with Gasteiger partial charge in [0.2, 0.25) is 0 Å². The Morgan fingerprint density at radius 1 is 0.903 bits per heavy atom. The molecule has 0 saturated carbocycles. The second-order valence-corrected chi connectivity index (χ2v) is 7.86. The average Bonchev–Trinajstić information content (AvgIpc) is 3.27. The number of anilines is 1. The van der Waals surface area contributed by atoms with Crippen LogP contribution in [-0.4, -0.2) is 50.3 Å². The molecule has 0 spiro atoms. The van der Waals surface area contributed by atoms with E-state index < -0.39 is 0 Å². The number of nitrogens with one attached hydrogen (secondary N) is 1. The van der Waals surface area contributed by atoms with Crippen molar-refractivity contribution in [3.05, 3.63) is 78.4 Å². The van der Waals surface area contributed by atoms with E-state index in [0.717, 1.165) is 60.9 Å². The highest BCUT2D eigenvalue weighted by atomic mass is 16.2. The largest absolute Gasteiger partial charge is 0.368 e. The van der Waals surface area contributed by atoms with E-state index in [-0.39, 0.29) is 5.91 Å². The predicted octanol–water partition coefficient (Wildman–Crippen LogP) is 3.76. The Bertz CT molecular complexity index is 1170. The minimum atomic E-state index is 0.125. The molecule has 0 aliphatic carbocycles. The third-order valence-electron chi connectivity index (χ3n) is 5.79. The lowest BCUT2D eigenvalue weighted by molar-refractivity contribution is 0.0695. The van der Waals surface area contributed by atoms with Crippen molar-refractivity contribution in [2.75, 3.05) is 25.0 Å². The van der Waals surface area contributed by atoms with Gasteiger partial charge >= 0.3 is 0 Å². The molecule has 2 aromatic carbocycles. The average molecular weight is 412 g/mol. The Kier molecular flexibility index (Phi) is 5.31. The molecule has 2 aromatic heterocycles. The lowest BCUT2D eigenvalue weighted by Crippen LogP contribution is -2.39. The molecular formula is C24H24N6O. The van der Waals surface area contributed by atoms with Crippen LogP contribution in [0.5, 0.6) is 0 Å². The lowest BCUT2D eigenvalue weighted by Gasteiger charge is -2.32. The number of hydrogen-bond acceptors (Lipinski definition) is 5. The molecule has 1 N–H and O–H groups in total. The second kappa shape index (κ2) is 8.55. The maximum absolute atomic E-state index is 12.6. The van der Waals surface area contributed by atoms with E-state index in [4.69, 9.17) is 5.10 Å².